The fourth-order valence-corrected chi connectivity index (χ4v) is 3.44. The van der Waals surface area contributed by atoms with E-state index in [2.05, 4.69) is 39.8 Å². The molecule has 3 aromatic heterocycles. The van der Waals surface area contributed by atoms with Gasteiger partial charge < -0.3 is 9.97 Å². The van der Waals surface area contributed by atoms with Gasteiger partial charge in [-0.3, -0.25) is 14.7 Å². The molecule has 0 radical (unpaired) electrons. The number of fused-ring (bicyclic) bond motifs is 1. The second-order valence-electron chi connectivity index (χ2n) is 6.66. The van der Waals surface area contributed by atoms with Gasteiger partial charge in [0.25, 0.3) is 5.56 Å². The highest BCUT2D eigenvalue weighted by atomic mass is 16.1. The van der Waals surface area contributed by atoms with E-state index in [0.717, 1.165) is 36.3 Å². The third-order valence-corrected chi connectivity index (χ3v) is 4.73. The van der Waals surface area contributed by atoms with Crippen molar-refractivity contribution in [2.75, 3.05) is 6.54 Å². The van der Waals surface area contributed by atoms with E-state index in [1.807, 2.05) is 12.1 Å². The number of H-pyrrole nitrogens is 2. The number of nitrogens with zero attached hydrogens (tertiary/aromatic N) is 3. The van der Waals surface area contributed by atoms with Crippen LogP contribution in [0, 0.1) is 13.8 Å². The fourth-order valence-electron chi connectivity index (χ4n) is 3.44. The van der Waals surface area contributed by atoms with Crippen molar-refractivity contribution in [3.05, 3.63) is 69.2 Å². The predicted molar refractivity (Wildman–Crippen MR) is 96.2 cm³/mol. The Bertz CT molecular complexity index is 958. The maximum atomic E-state index is 12.4. The van der Waals surface area contributed by atoms with E-state index in [-0.39, 0.29) is 5.56 Å². The van der Waals surface area contributed by atoms with Crippen molar-refractivity contribution in [1.82, 2.24) is 24.8 Å². The lowest BCUT2D eigenvalue weighted by atomic mass is 10.1. The Morgan fingerprint density at radius 1 is 1.28 bits per heavy atom. The Hall–Kier alpha value is -2.73. The van der Waals surface area contributed by atoms with Crippen LogP contribution in [0.15, 0.2) is 35.4 Å². The van der Waals surface area contributed by atoms with E-state index >= 15 is 0 Å². The van der Waals surface area contributed by atoms with Crippen LogP contribution >= 0.6 is 0 Å². The molecule has 4 rings (SSSR count). The van der Waals surface area contributed by atoms with Crippen molar-refractivity contribution in [3.8, 4) is 11.4 Å². The van der Waals surface area contributed by atoms with E-state index < -0.39 is 0 Å². The number of nitrogens with one attached hydrogen (secondary N) is 2. The maximum Gasteiger partial charge on any atom is 0.254 e. The summed E-state index contributed by atoms with van der Waals surface area (Å²) in [5, 5.41) is 0. The quantitative estimate of drug-likeness (QED) is 0.770. The van der Waals surface area contributed by atoms with Gasteiger partial charge in [-0.25, -0.2) is 4.98 Å². The molecule has 1 aliphatic heterocycles. The Balaban J connectivity index is 1.62. The number of aryl methyl sites for hydroxylation is 2. The van der Waals surface area contributed by atoms with Crippen molar-refractivity contribution in [2.24, 2.45) is 0 Å². The second kappa shape index (κ2) is 6.29. The van der Waals surface area contributed by atoms with E-state index in [9.17, 15) is 4.79 Å². The van der Waals surface area contributed by atoms with Gasteiger partial charge in [-0.15, -0.1) is 0 Å². The Labute approximate surface area is 146 Å². The van der Waals surface area contributed by atoms with Crippen molar-refractivity contribution >= 4 is 0 Å². The summed E-state index contributed by atoms with van der Waals surface area (Å²) in [4.78, 5) is 29.9. The van der Waals surface area contributed by atoms with Crippen LogP contribution in [0.2, 0.25) is 0 Å². The van der Waals surface area contributed by atoms with Gasteiger partial charge in [0.05, 0.1) is 5.69 Å². The predicted octanol–water partition coefficient (Wildman–Crippen LogP) is 2.34. The minimum absolute atomic E-state index is 0.0320. The first-order valence-electron chi connectivity index (χ1n) is 8.50. The van der Waals surface area contributed by atoms with E-state index in [1.54, 1.807) is 12.4 Å². The molecule has 0 fully saturated rings. The third-order valence-electron chi connectivity index (χ3n) is 4.73. The van der Waals surface area contributed by atoms with Gasteiger partial charge in [0.2, 0.25) is 0 Å². The first-order valence-corrected chi connectivity index (χ1v) is 8.50. The van der Waals surface area contributed by atoms with Gasteiger partial charge in [-0.05, 0) is 44.0 Å². The molecule has 3 aromatic rings. The first-order chi connectivity index (χ1) is 12.1. The number of rotatable bonds is 3. The summed E-state index contributed by atoms with van der Waals surface area (Å²) in [6.07, 6.45) is 4.16. The highest BCUT2D eigenvalue weighted by Gasteiger charge is 2.22. The van der Waals surface area contributed by atoms with Crippen LogP contribution in [0.5, 0.6) is 0 Å². The Morgan fingerprint density at radius 3 is 2.88 bits per heavy atom. The summed E-state index contributed by atoms with van der Waals surface area (Å²) in [5.74, 6) is 0.589. The van der Waals surface area contributed by atoms with Crippen LogP contribution in [0.4, 0.5) is 0 Å². The molecule has 0 amide bonds. The molecule has 2 N–H and O–H groups in total. The largest absolute Gasteiger partial charge is 0.361 e. The minimum Gasteiger partial charge on any atom is -0.361 e. The normalized spacial score (nSPS) is 14.5. The summed E-state index contributed by atoms with van der Waals surface area (Å²) < 4.78 is 0. The monoisotopic (exact) mass is 335 g/mol. The third kappa shape index (κ3) is 3.13. The topological polar surface area (TPSA) is 77.7 Å². The Morgan fingerprint density at radius 2 is 2.16 bits per heavy atom. The van der Waals surface area contributed by atoms with E-state index in [0.29, 0.717) is 12.4 Å². The molecule has 128 valence electrons. The van der Waals surface area contributed by atoms with Crippen LogP contribution in [-0.4, -0.2) is 31.4 Å². The van der Waals surface area contributed by atoms with Gasteiger partial charge in [0.15, 0.2) is 0 Å². The number of hydrogen-bond acceptors (Lipinski definition) is 4. The molecule has 25 heavy (non-hydrogen) atoms. The standard InChI is InChI=1S/C19H21N5O/c1-12-8-13(2)21-16(12)10-24-7-5-15-17(11-24)22-18(23-19(15)25)14-4-3-6-20-9-14/h3-4,6,8-9,21H,5,7,10-11H2,1-2H3,(H,22,23,25). The number of aromatic amines is 2. The van der Waals surface area contributed by atoms with Crippen LogP contribution in [0.3, 0.4) is 0 Å². The smallest absolute Gasteiger partial charge is 0.254 e. The maximum absolute atomic E-state index is 12.4. The molecule has 0 unspecified atom stereocenters. The van der Waals surface area contributed by atoms with Crippen molar-refractivity contribution in [1.29, 1.82) is 0 Å². The molecule has 6 nitrogen and oxygen atoms in total. The summed E-state index contributed by atoms with van der Waals surface area (Å²) in [6, 6.07) is 5.91. The average molecular weight is 335 g/mol. The number of aromatic nitrogens is 4. The number of hydrogen-bond donors (Lipinski definition) is 2. The molecule has 0 aliphatic carbocycles. The zero-order valence-corrected chi connectivity index (χ0v) is 14.5. The first kappa shape index (κ1) is 15.8. The van der Waals surface area contributed by atoms with Gasteiger partial charge in [-0.2, -0.15) is 0 Å². The van der Waals surface area contributed by atoms with Crippen molar-refractivity contribution in [3.63, 3.8) is 0 Å². The van der Waals surface area contributed by atoms with Crippen LogP contribution < -0.4 is 5.56 Å². The highest BCUT2D eigenvalue weighted by Crippen LogP contribution is 2.20. The van der Waals surface area contributed by atoms with Crippen LogP contribution in [-0.2, 0) is 19.5 Å². The molecule has 0 aromatic carbocycles. The van der Waals surface area contributed by atoms with E-state index in [1.165, 1.54) is 17.0 Å². The molecule has 0 spiro atoms. The molecular weight excluding hydrogens is 314 g/mol. The van der Waals surface area contributed by atoms with Gasteiger partial charge >= 0.3 is 0 Å². The average Bonchev–Trinajstić information content (AvgIpc) is 2.92. The van der Waals surface area contributed by atoms with Crippen LogP contribution in [0.25, 0.3) is 11.4 Å². The molecule has 0 bridgehead atoms. The lowest BCUT2D eigenvalue weighted by Crippen LogP contribution is -2.35. The lowest BCUT2D eigenvalue weighted by Gasteiger charge is -2.27. The second-order valence-corrected chi connectivity index (χ2v) is 6.66. The van der Waals surface area contributed by atoms with Gasteiger partial charge in [0, 0.05) is 54.5 Å². The molecule has 0 saturated heterocycles. The molecule has 0 atom stereocenters. The fraction of sp³-hybridized carbons (Fsp3) is 0.316. The lowest BCUT2D eigenvalue weighted by molar-refractivity contribution is 0.237. The van der Waals surface area contributed by atoms with Gasteiger partial charge in [0.1, 0.15) is 5.82 Å². The molecule has 1 aliphatic rings. The molecule has 0 saturated carbocycles. The zero-order chi connectivity index (χ0) is 17.4. The Kier molecular flexibility index (Phi) is 3.97. The van der Waals surface area contributed by atoms with E-state index in [4.69, 9.17) is 4.98 Å². The summed E-state index contributed by atoms with van der Waals surface area (Å²) >= 11 is 0. The van der Waals surface area contributed by atoms with Gasteiger partial charge in [-0.1, -0.05) is 0 Å². The summed E-state index contributed by atoms with van der Waals surface area (Å²) in [5.41, 5.74) is 6.17. The minimum atomic E-state index is -0.0320. The highest BCUT2D eigenvalue weighted by molar-refractivity contribution is 5.53. The van der Waals surface area contributed by atoms with Crippen LogP contribution in [0.1, 0.15) is 28.2 Å². The molecule has 6 heteroatoms. The van der Waals surface area contributed by atoms with Crippen molar-refractivity contribution < 1.29 is 0 Å². The number of pyridine rings is 1. The molecular formula is C19H21N5O. The summed E-state index contributed by atoms with van der Waals surface area (Å²) in [7, 11) is 0. The zero-order valence-electron chi connectivity index (χ0n) is 14.5. The summed E-state index contributed by atoms with van der Waals surface area (Å²) in [6.45, 7) is 6.59. The SMILES string of the molecule is Cc1cc(C)c(CN2CCc3c(nc(-c4cccnc4)[nH]c3=O)C2)[nH]1. The molecule has 4 heterocycles. The van der Waals surface area contributed by atoms with Crippen molar-refractivity contribution in [2.45, 2.75) is 33.4 Å².